The maximum absolute atomic E-state index is 12.8. The fraction of sp³-hybridized carbons (Fsp3) is 0.158. The van der Waals surface area contributed by atoms with E-state index in [2.05, 4.69) is 35.7 Å². The van der Waals surface area contributed by atoms with Gasteiger partial charge in [0.15, 0.2) is 11.5 Å². The summed E-state index contributed by atoms with van der Waals surface area (Å²) in [5.74, 6) is 0.305. The molecule has 7 rings (SSSR count). The van der Waals surface area contributed by atoms with Crippen LogP contribution in [-0.2, 0) is 17.8 Å². The van der Waals surface area contributed by atoms with Crippen molar-refractivity contribution in [1.82, 2.24) is 0 Å². The Hall–Kier alpha value is -5.54. The van der Waals surface area contributed by atoms with Gasteiger partial charge in [-0.25, -0.2) is 4.79 Å². The number of benzene rings is 5. The van der Waals surface area contributed by atoms with Crippen LogP contribution in [0.3, 0.4) is 0 Å². The van der Waals surface area contributed by atoms with Crippen LogP contribution in [0.1, 0.15) is 55.7 Å². The molecule has 1 aliphatic heterocycles. The Balaban J connectivity index is 1.27. The molecule has 216 valence electrons. The smallest absolute Gasteiger partial charge is 0.338 e. The Morgan fingerprint density at radius 2 is 1.68 bits per heavy atom. The molecule has 0 aromatic heterocycles. The zero-order valence-electron chi connectivity index (χ0n) is 24.2. The highest BCUT2D eigenvalue weighted by molar-refractivity contribution is 5.90. The molecule has 5 aromatic rings. The van der Waals surface area contributed by atoms with E-state index in [0.29, 0.717) is 16.9 Å². The van der Waals surface area contributed by atoms with Crippen LogP contribution in [0.4, 0.5) is 5.69 Å². The van der Waals surface area contributed by atoms with Gasteiger partial charge in [-0.3, -0.25) is 0 Å². The predicted octanol–water partition coefficient (Wildman–Crippen LogP) is 7.77. The van der Waals surface area contributed by atoms with E-state index in [-0.39, 0.29) is 30.2 Å². The van der Waals surface area contributed by atoms with Gasteiger partial charge in [0.05, 0.1) is 30.3 Å². The molecule has 44 heavy (non-hydrogen) atoms. The molecule has 2 aliphatic rings. The highest BCUT2D eigenvalue weighted by Crippen LogP contribution is 2.55. The zero-order chi connectivity index (χ0) is 30.2. The SMILES string of the molecule is COc1cc([C@@H]2Nc3ccc(C#N)cc3[C@H]3c4ccccc4C[C@H]32)c(-c2ccc(C(=O)OCc3ccccc3)cc2)cc1O. The molecule has 1 heterocycles. The molecule has 0 fully saturated rings. The van der Waals surface area contributed by atoms with E-state index in [1.54, 1.807) is 25.3 Å². The number of phenols is 1. The van der Waals surface area contributed by atoms with Gasteiger partial charge in [-0.1, -0.05) is 66.7 Å². The second-order valence-corrected chi connectivity index (χ2v) is 11.3. The monoisotopic (exact) mass is 578 g/mol. The number of hydrogen-bond acceptors (Lipinski definition) is 6. The number of nitrogens with one attached hydrogen (secondary N) is 1. The second kappa shape index (κ2) is 11.3. The van der Waals surface area contributed by atoms with Gasteiger partial charge >= 0.3 is 5.97 Å². The number of nitrogens with zero attached hydrogens (tertiary/aromatic N) is 1. The Bertz CT molecular complexity index is 1910. The molecule has 0 radical (unpaired) electrons. The van der Waals surface area contributed by atoms with Crippen molar-refractivity contribution < 1.29 is 19.4 Å². The Kier molecular flexibility index (Phi) is 7.00. The Morgan fingerprint density at radius 1 is 0.909 bits per heavy atom. The molecule has 0 saturated carbocycles. The predicted molar refractivity (Wildman–Crippen MR) is 169 cm³/mol. The summed E-state index contributed by atoms with van der Waals surface area (Å²) in [6.45, 7) is 0.202. The van der Waals surface area contributed by atoms with Gasteiger partial charge in [-0.15, -0.1) is 0 Å². The maximum Gasteiger partial charge on any atom is 0.338 e. The van der Waals surface area contributed by atoms with E-state index >= 15 is 0 Å². The summed E-state index contributed by atoms with van der Waals surface area (Å²) in [4.78, 5) is 12.8. The molecular weight excluding hydrogens is 548 g/mol. The summed E-state index contributed by atoms with van der Waals surface area (Å²) < 4.78 is 11.1. The summed E-state index contributed by atoms with van der Waals surface area (Å²) in [5.41, 5.74) is 9.40. The maximum atomic E-state index is 12.8. The van der Waals surface area contributed by atoms with Crippen LogP contribution < -0.4 is 10.1 Å². The third kappa shape index (κ3) is 4.83. The Labute approximate surface area is 256 Å². The molecule has 2 N–H and O–H groups in total. The van der Waals surface area contributed by atoms with E-state index in [0.717, 1.165) is 39.9 Å². The lowest BCUT2D eigenvalue weighted by Gasteiger charge is -2.39. The first kappa shape index (κ1) is 27.3. The molecule has 0 unspecified atom stereocenters. The van der Waals surface area contributed by atoms with Crippen LogP contribution in [0, 0.1) is 17.2 Å². The number of anilines is 1. The van der Waals surface area contributed by atoms with E-state index < -0.39 is 5.97 Å². The first-order valence-electron chi connectivity index (χ1n) is 14.6. The number of methoxy groups -OCH3 is 1. The number of phenolic OH excluding ortho intramolecular Hbond substituents is 1. The quantitative estimate of drug-likeness (QED) is 0.200. The molecule has 5 aromatic carbocycles. The van der Waals surface area contributed by atoms with Gasteiger partial charge in [0.2, 0.25) is 0 Å². The minimum absolute atomic E-state index is 0.0405. The van der Waals surface area contributed by atoms with Crippen LogP contribution >= 0.6 is 0 Å². The van der Waals surface area contributed by atoms with Crippen LogP contribution in [0.15, 0.2) is 109 Å². The second-order valence-electron chi connectivity index (χ2n) is 11.3. The molecule has 0 spiro atoms. The van der Waals surface area contributed by atoms with Crippen molar-refractivity contribution >= 4 is 11.7 Å². The number of nitriles is 1. The van der Waals surface area contributed by atoms with E-state index in [4.69, 9.17) is 9.47 Å². The summed E-state index contributed by atoms with van der Waals surface area (Å²) in [6, 6.07) is 37.1. The van der Waals surface area contributed by atoms with E-state index in [9.17, 15) is 15.2 Å². The number of fused-ring (bicyclic) bond motifs is 5. The van der Waals surface area contributed by atoms with Gasteiger partial charge in [0.25, 0.3) is 0 Å². The van der Waals surface area contributed by atoms with Crippen LogP contribution in [-0.4, -0.2) is 18.2 Å². The van der Waals surface area contributed by atoms with Crippen molar-refractivity contribution in [2.75, 3.05) is 12.4 Å². The number of carbonyl (C=O) groups is 1. The number of aromatic hydroxyl groups is 1. The summed E-state index contributed by atoms with van der Waals surface area (Å²) in [6.07, 6.45) is 0.865. The van der Waals surface area contributed by atoms with Gasteiger partial charge in [0.1, 0.15) is 6.61 Å². The fourth-order valence-corrected chi connectivity index (χ4v) is 6.79. The number of esters is 1. The average molecular weight is 579 g/mol. The molecule has 6 nitrogen and oxygen atoms in total. The fourth-order valence-electron chi connectivity index (χ4n) is 6.79. The normalized spacial score (nSPS) is 17.8. The minimum Gasteiger partial charge on any atom is -0.504 e. The lowest BCUT2D eigenvalue weighted by molar-refractivity contribution is 0.0472. The van der Waals surface area contributed by atoms with E-state index in [1.165, 1.54) is 11.1 Å². The molecule has 3 atom stereocenters. The number of carbonyl (C=O) groups excluding carboxylic acids is 1. The van der Waals surface area contributed by atoms with Crippen molar-refractivity contribution in [3.05, 3.63) is 148 Å². The van der Waals surface area contributed by atoms with Crippen LogP contribution in [0.2, 0.25) is 0 Å². The Morgan fingerprint density at radius 3 is 2.45 bits per heavy atom. The average Bonchev–Trinajstić information content (AvgIpc) is 3.47. The first-order valence-corrected chi connectivity index (χ1v) is 14.6. The van der Waals surface area contributed by atoms with Crippen molar-refractivity contribution in [1.29, 1.82) is 5.26 Å². The topological polar surface area (TPSA) is 91.6 Å². The van der Waals surface area contributed by atoms with Crippen molar-refractivity contribution in [3.8, 4) is 28.7 Å². The summed E-state index contributed by atoms with van der Waals surface area (Å²) >= 11 is 0. The van der Waals surface area contributed by atoms with Gasteiger partial charge in [-0.2, -0.15) is 5.26 Å². The molecule has 6 heteroatoms. The molecule has 0 amide bonds. The number of ether oxygens (including phenoxy) is 2. The molecule has 0 saturated heterocycles. The van der Waals surface area contributed by atoms with Gasteiger partial charge in [0, 0.05) is 11.6 Å². The standard InChI is InChI=1S/C38H30N2O4/c1-43-35-20-30(29(19-34(35)41)25-12-14-26(15-13-25)38(42)44-22-23-7-3-2-4-8-23)37-32-18-27-9-5-6-10-28(27)36(32)31-17-24(21-39)11-16-33(31)40-37/h2-17,19-20,32,36-37,40-41H,18,22H2,1H3/t32-,36-,37+/m1/s1. The van der Waals surface area contributed by atoms with Crippen molar-refractivity contribution in [3.63, 3.8) is 0 Å². The summed E-state index contributed by atoms with van der Waals surface area (Å²) in [7, 11) is 1.55. The van der Waals surface area contributed by atoms with Crippen molar-refractivity contribution in [2.24, 2.45) is 5.92 Å². The molecular formula is C38H30N2O4. The van der Waals surface area contributed by atoms with Crippen molar-refractivity contribution in [2.45, 2.75) is 25.0 Å². The van der Waals surface area contributed by atoms with Gasteiger partial charge < -0.3 is 19.9 Å². The first-order chi connectivity index (χ1) is 21.5. The van der Waals surface area contributed by atoms with Gasteiger partial charge in [-0.05, 0) is 93.7 Å². The minimum atomic E-state index is -0.396. The summed E-state index contributed by atoms with van der Waals surface area (Å²) in [5, 5.41) is 24.3. The number of rotatable bonds is 6. The highest BCUT2D eigenvalue weighted by atomic mass is 16.5. The van der Waals surface area contributed by atoms with Crippen LogP contribution in [0.5, 0.6) is 11.5 Å². The molecule has 1 aliphatic carbocycles. The third-order valence-corrected chi connectivity index (χ3v) is 8.86. The highest BCUT2D eigenvalue weighted by Gasteiger charge is 2.44. The number of hydrogen-bond donors (Lipinski definition) is 2. The van der Waals surface area contributed by atoms with Crippen LogP contribution in [0.25, 0.3) is 11.1 Å². The molecule has 0 bridgehead atoms. The lowest BCUT2D eigenvalue weighted by atomic mass is 9.74. The third-order valence-electron chi connectivity index (χ3n) is 8.86. The largest absolute Gasteiger partial charge is 0.504 e. The lowest BCUT2D eigenvalue weighted by Crippen LogP contribution is -2.31. The van der Waals surface area contributed by atoms with E-state index in [1.807, 2.05) is 66.7 Å². The zero-order valence-corrected chi connectivity index (χ0v) is 24.2.